The molecule has 6 nitrogen and oxygen atoms in total. The summed E-state index contributed by atoms with van der Waals surface area (Å²) in [4.78, 5) is 15.3. The fourth-order valence-corrected chi connectivity index (χ4v) is 6.00. The van der Waals surface area contributed by atoms with Crippen molar-refractivity contribution in [2.75, 3.05) is 12.3 Å². The van der Waals surface area contributed by atoms with Gasteiger partial charge in [-0.15, -0.1) is 10.2 Å². The van der Waals surface area contributed by atoms with E-state index < -0.39 is 0 Å². The Bertz CT molecular complexity index is 1050. The first kappa shape index (κ1) is 21.6. The second-order valence-electron chi connectivity index (χ2n) is 8.61. The Morgan fingerprint density at radius 1 is 1.09 bits per heavy atom. The van der Waals surface area contributed by atoms with Crippen LogP contribution in [0.2, 0.25) is 5.02 Å². The lowest BCUT2D eigenvalue weighted by atomic mass is 9.78. The van der Waals surface area contributed by atoms with Crippen molar-refractivity contribution in [2.24, 2.45) is 5.92 Å². The van der Waals surface area contributed by atoms with Crippen LogP contribution in [0.1, 0.15) is 44.3 Å². The molecular formula is C24H27ClN4O2S. The van der Waals surface area contributed by atoms with E-state index in [0.29, 0.717) is 29.3 Å². The molecule has 1 saturated carbocycles. The molecular weight excluding hydrogens is 444 g/mol. The van der Waals surface area contributed by atoms with E-state index in [2.05, 4.69) is 15.1 Å². The van der Waals surface area contributed by atoms with Crippen LogP contribution in [0.5, 0.6) is 0 Å². The van der Waals surface area contributed by atoms with E-state index in [0.717, 1.165) is 41.7 Å². The number of halogens is 1. The third kappa shape index (κ3) is 4.59. The molecule has 2 aromatic heterocycles. The number of furan rings is 1. The summed E-state index contributed by atoms with van der Waals surface area (Å²) in [6.07, 6.45) is 9.01. The zero-order valence-electron chi connectivity index (χ0n) is 18.0. The quantitative estimate of drug-likeness (QED) is 0.444. The minimum absolute atomic E-state index is 0.215. The smallest absolute Gasteiger partial charge is 0.233 e. The third-order valence-electron chi connectivity index (χ3n) is 6.60. The first-order valence-electron chi connectivity index (χ1n) is 11.3. The third-order valence-corrected chi connectivity index (χ3v) is 7.81. The maximum absolute atomic E-state index is 13.2. The average molecular weight is 471 g/mol. The number of hydrogen-bond acceptors (Lipinski definition) is 5. The van der Waals surface area contributed by atoms with Crippen molar-refractivity contribution in [1.82, 2.24) is 19.7 Å². The molecule has 3 aromatic rings. The first-order valence-corrected chi connectivity index (χ1v) is 12.7. The molecule has 0 bridgehead atoms. The van der Waals surface area contributed by atoms with Crippen LogP contribution >= 0.6 is 23.4 Å². The van der Waals surface area contributed by atoms with Crippen LogP contribution in [-0.2, 0) is 11.3 Å². The number of benzene rings is 1. The molecule has 0 spiro atoms. The molecule has 5 rings (SSSR count). The van der Waals surface area contributed by atoms with Crippen molar-refractivity contribution >= 4 is 29.3 Å². The van der Waals surface area contributed by atoms with E-state index in [1.54, 1.807) is 6.26 Å². The minimum Gasteiger partial charge on any atom is -0.467 e. The lowest BCUT2D eigenvalue weighted by Crippen LogP contribution is -2.50. The van der Waals surface area contributed by atoms with Gasteiger partial charge < -0.3 is 9.32 Å². The molecule has 2 unspecified atom stereocenters. The van der Waals surface area contributed by atoms with Gasteiger partial charge in [-0.2, -0.15) is 0 Å². The molecule has 2 atom stereocenters. The van der Waals surface area contributed by atoms with Crippen LogP contribution in [0.3, 0.4) is 0 Å². The van der Waals surface area contributed by atoms with Crippen molar-refractivity contribution in [3.05, 3.63) is 53.4 Å². The van der Waals surface area contributed by atoms with E-state index in [1.807, 2.05) is 41.0 Å². The highest BCUT2D eigenvalue weighted by Gasteiger charge is 2.35. The molecule has 1 saturated heterocycles. The fourth-order valence-electron chi connectivity index (χ4n) is 5.05. The van der Waals surface area contributed by atoms with Gasteiger partial charge >= 0.3 is 0 Å². The number of nitrogens with zero attached hydrogens (tertiary/aromatic N) is 4. The molecule has 3 heterocycles. The summed E-state index contributed by atoms with van der Waals surface area (Å²) in [5.41, 5.74) is 0.924. The fraction of sp³-hybridized carbons (Fsp3) is 0.458. The highest BCUT2D eigenvalue weighted by molar-refractivity contribution is 7.99. The van der Waals surface area contributed by atoms with E-state index in [-0.39, 0.29) is 5.91 Å². The molecule has 32 heavy (non-hydrogen) atoms. The van der Waals surface area contributed by atoms with E-state index >= 15 is 0 Å². The molecule has 1 aliphatic heterocycles. The zero-order valence-corrected chi connectivity index (χ0v) is 19.5. The molecule has 0 N–H and O–H groups in total. The SMILES string of the molecule is O=C(CSc1nnc(-c2ccc(Cl)cc2)n1Cc1ccco1)N1CCCC2CCCCC21. The maximum Gasteiger partial charge on any atom is 0.233 e. The number of hydrogen-bond donors (Lipinski definition) is 0. The Hall–Kier alpha value is -2.25. The second-order valence-corrected chi connectivity index (χ2v) is 9.99. The molecule has 1 aliphatic carbocycles. The number of aromatic nitrogens is 3. The first-order chi connectivity index (χ1) is 15.7. The number of thioether (sulfide) groups is 1. The van der Waals surface area contributed by atoms with Crippen LogP contribution < -0.4 is 0 Å². The predicted octanol–water partition coefficient (Wildman–Crippen LogP) is 5.51. The molecule has 2 aliphatic rings. The molecule has 1 amide bonds. The molecule has 168 valence electrons. The largest absolute Gasteiger partial charge is 0.467 e. The highest BCUT2D eigenvalue weighted by Crippen LogP contribution is 2.36. The monoisotopic (exact) mass is 470 g/mol. The average Bonchev–Trinajstić information content (AvgIpc) is 3.48. The van der Waals surface area contributed by atoms with Gasteiger partial charge in [0.25, 0.3) is 0 Å². The Balaban J connectivity index is 1.34. The number of fused-ring (bicyclic) bond motifs is 1. The van der Waals surface area contributed by atoms with Gasteiger partial charge in [-0.25, -0.2) is 0 Å². The van der Waals surface area contributed by atoms with Gasteiger partial charge in [-0.1, -0.05) is 36.2 Å². The number of amides is 1. The summed E-state index contributed by atoms with van der Waals surface area (Å²) in [6, 6.07) is 11.8. The van der Waals surface area contributed by atoms with Crippen molar-refractivity contribution in [3.63, 3.8) is 0 Å². The lowest BCUT2D eigenvalue weighted by molar-refractivity contribution is -0.134. The summed E-state index contributed by atoms with van der Waals surface area (Å²) in [6.45, 7) is 1.39. The van der Waals surface area contributed by atoms with Crippen molar-refractivity contribution in [2.45, 2.75) is 56.3 Å². The molecule has 8 heteroatoms. The lowest BCUT2D eigenvalue weighted by Gasteiger charge is -2.44. The van der Waals surface area contributed by atoms with Crippen LogP contribution in [0.4, 0.5) is 0 Å². The highest BCUT2D eigenvalue weighted by atomic mass is 35.5. The van der Waals surface area contributed by atoms with Gasteiger partial charge in [0, 0.05) is 23.2 Å². The van der Waals surface area contributed by atoms with Crippen LogP contribution in [-0.4, -0.2) is 43.9 Å². The summed E-state index contributed by atoms with van der Waals surface area (Å²) < 4.78 is 7.58. The summed E-state index contributed by atoms with van der Waals surface area (Å²) >= 11 is 7.52. The van der Waals surface area contributed by atoms with Crippen molar-refractivity contribution in [1.29, 1.82) is 0 Å². The number of carbonyl (C=O) groups is 1. The van der Waals surface area contributed by atoms with Gasteiger partial charge in [0.05, 0.1) is 18.6 Å². The zero-order chi connectivity index (χ0) is 21.9. The summed E-state index contributed by atoms with van der Waals surface area (Å²) in [5, 5.41) is 10.3. The van der Waals surface area contributed by atoms with Crippen LogP contribution in [0, 0.1) is 5.92 Å². The standard InChI is InChI=1S/C24H27ClN4O2S/c25-19-11-9-18(10-12-19)23-26-27-24(29(23)15-20-7-4-14-31-20)32-16-22(30)28-13-3-6-17-5-1-2-8-21(17)28/h4,7,9-12,14,17,21H,1-3,5-6,8,13,15-16H2. The van der Waals surface area contributed by atoms with Crippen molar-refractivity contribution < 1.29 is 9.21 Å². The summed E-state index contributed by atoms with van der Waals surface area (Å²) in [5.74, 6) is 2.82. The Morgan fingerprint density at radius 2 is 1.91 bits per heavy atom. The maximum atomic E-state index is 13.2. The number of piperidine rings is 1. The number of rotatable bonds is 6. The molecule has 0 radical (unpaired) electrons. The topological polar surface area (TPSA) is 64.2 Å². The minimum atomic E-state index is 0.215. The Labute approximate surface area is 197 Å². The van der Waals surface area contributed by atoms with Crippen LogP contribution in [0.25, 0.3) is 11.4 Å². The van der Waals surface area contributed by atoms with Gasteiger partial charge in [0.1, 0.15) is 5.76 Å². The second kappa shape index (κ2) is 9.71. The Kier molecular flexibility index (Phi) is 6.55. The van der Waals surface area contributed by atoms with Gasteiger partial charge in [0.15, 0.2) is 11.0 Å². The number of likely N-dealkylation sites (tertiary alicyclic amines) is 1. The molecule has 2 fully saturated rings. The van der Waals surface area contributed by atoms with E-state index in [1.165, 1.54) is 37.4 Å². The van der Waals surface area contributed by atoms with Crippen molar-refractivity contribution in [3.8, 4) is 11.4 Å². The predicted molar refractivity (Wildman–Crippen MR) is 126 cm³/mol. The van der Waals surface area contributed by atoms with E-state index in [4.69, 9.17) is 16.0 Å². The van der Waals surface area contributed by atoms with Gasteiger partial charge in [-0.05, 0) is 68.0 Å². The summed E-state index contributed by atoms with van der Waals surface area (Å²) in [7, 11) is 0. The molecule has 1 aromatic carbocycles. The normalized spacial score (nSPS) is 20.8. The van der Waals surface area contributed by atoms with Crippen LogP contribution in [0.15, 0.2) is 52.2 Å². The van der Waals surface area contributed by atoms with Gasteiger partial charge in [0.2, 0.25) is 5.91 Å². The Morgan fingerprint density at radius 3 is 2.72 bits per heavy atom. The number of carbonyl (C=O) groups excluding carboxylic acids is 1. The van der Waals surface area contributed by atoms with Gasteiger partial charge in [-0.3, -0.25) is 9.36 Å². The van der Waals surface area contributed by atoms with E-state index in [9.17, 15) is 4.79 Å².